The van der Waals surface area contributed by atoms with E-state index >= 15 is 0 Å². The van der Waals surface area contributed by atoms with Crippen LogP contribution in [0, 0.1) is 0 Å². The van der Waals surface area contributed by atoms with Crippen LogP contribution in [0.15, 0.2) is 18.3 Å². The number of hydrogen-bond donors (Lipinski definition) is 1. The van der Waals surface area contributed by atoms with E-state index in [1.54, 1.807) is 0 Å². The quantitative estimate of drug-likeness (QED) is 0.924. The molecule has 2 saturated heterocycles. The van der Waals surface area contributed by atoms with Gasteiger partial charge in [0.1, 0.15) is 6.10 Å². The number of ether oxygens (including phenoxy) is 2. The van der Waals surface area contributed by atoms with Crippen molar-refractivity contribution in [2.45, 2.75) is 31.3 Å². The number of pyridine rings is 1. The second-order valence-corrected chi connectivity index (χ2v) is 5.02. The van der Waals surface area contributed by atoms with Crippen molar-refractivity contribution in [1.29, 1.82) is 0 Å². The van der Waals surface area contributed by atoms with E-state index in [1.807, 2.05) is 12.3 Å². The van der Waals surface area contributed by atoms with Crippen LogP contribution in [0.2, 0.25) is 0 Å². The highest BCUT2D eigenvalue weighted by atomic mass is 35.5. The summed E-state index contributed by atoms with van der Waals surface area (Å²) in [5.41, 5.74) is 1.26. The Morgan fingerprint density at radius 3 is 2.84 bits per heavy atom. The van der Waals surface area contributed by atoms with E-state index in [9.17, 15) is 0 Å². The molecule has 1 unspecified atom stereocenters. The van der Waals surface area contributed by atoms with Gasteiger partial charge < -0.3 is 14.8 Å². The standard InChI is InChI=1S/C14H20N2O2.ClH/c1-2-13(11-4-8-17-9-5-11)14(16-6-1)18-12-3-7-15-10-12;/h1-2,6,11-12,15H,3-5,7-10H2;1H. The lowest BCUT2D eigenvalue weighted by molar-refractivity contribution is 0.0839. The molecule has 2 fully saturated rings. The molecule has 4 nitrogen and oxygen atoms in total. The number of aromatic nitrogens is 1. The van der Waals surface area contributed by atoms with Gasteiger partial charge >= 0.3 is 0 Å². The van der Waals surface area contributed by atoms with Gasteiger partial charge in [0, 0.05) is 31.5 Å². The summed E-state index contributed by atoms with van der Waals surface area (Å²) in [5.74, 6) is 1.37. The van der Waals surface area contributed by atoms with Crippen molar-refractivity contribution >= 4 is 12.4 Å². The zero-order valence-electron chi connectivity index (χ0n) is 11.0. The summed E-state index contributed by atoms with van der Waals surface area (Å²) >= 11 is 0. The Kier molecular flexibility index (Phi) is 5.43. The van der Waals surface area contributed by atoms with E-state index in [4.69, 9.17) is 9.47 Å². The first-order valence-corrected chi connectivity index (χ1v) is 6.83. The van der Waals surface area contributed by atoms with Gasteiger partial charge in [-0.05, 0) is 37.8 Å². The molecule has 0 aromatic carbocycles. The topological polar surface area (TPSA) is 43.4 Å². The molecular weight excluding hydrogens is 264 g/mol. The molecule has 106 valence electrons. The molecule has 1 N–H and O–H groups in total. The maximum absolute atomic E-state index is 6.05. The number of halogens is 1. The van der Waals surface area contributed by atoms with Crippen LogP contribution in [-0.4, -0.2) is 37.4 Å². The Hall–Kier alpha value is -0.840. The van der Waals surface area contributed by atoms with Crippen molar-refractivity contribution in [1.82, 2.24) is 10.3 Å². The molecule has 2 aliphatic heterocycles. The van der Waals surface area contributed by atoms with E-state index < -0.39 is 0 Å². The second-order valence-electron chi connectivity index (χ2n) is 5.02. The van der Waals surface area contributed by atoms with E-state index in [2.05, 4.69) is 16.4 Å². The largest absolute Gasteiger partial charge is 0.473 e. The fourth-order valence-electron chi connectivity index (χ4n) is 2.71. The lowest BCUT2D eigenvalue weighted by Crippen LogP contribution is -2.22. The van der Waals surface area contributed by atoms with E-state index in [1.165, 1.54) is 5.56 Å². The van der Waals surface area contributed by atoms with Crippen molar-refractivity contribution in [2.75, 3.05) is 26.3 Å². The monoisotopic (exact) mass is 284 g/mol. The normalized spacial score (nSPS) is 23.9. The van der Waals surface area contributed by atoms with Crippen LogP contribution in [-0.2, 0) is 4.74 Å². The van der Waals surface area contributed by atoms with Crippen LogP contribution in [0.3, 0.4) is 0 Å². The Bertz CT molecular complexity index is 391. The van der Waals surface area contributed by atoms with E-state index in [0.29, 0.717) is 5.92 Å². The Balaban J connectivity index is 0.00000133. The summed E-state index contributed by atoms with van der Waals surface area (Å²) in [7, 11) is 0. The fourth-order valence-corrected chi connectivity index (χ4v) is 2.71. The highest BCUT2D eigenvalue weighted by molar-refractivity contribution is 5.85. The van der Waals surface area contributed by atoms with Crippen LogP contribution >= 0.6 is 12.4 Å². The van der Waals surface area contributed by atoms with Crippen LogP contribution in [0.1, 0.15) is 30.7 Å². The Morgan fingerprint density at radius 2 is 2.11 bits per heavy atom. The van der Waals surface area contributed by atoms with Crippen LogP contribution in [0.4, 0.5) is 0 Å². The van der Waals surface area contributed by atoms with Gasteiger partial charge in [-0.3, -0.25) is 0 Å². The van der Waals surface area contributed by atoms with Gasteiger partial charge in [0.25, 0.3) is 0 Å². The first-order valence-electron chi connectivity index (χ1n) is 6.83. The third kappa shape index (κ3) is 3.59. The van der Waals surface area contributed by atoms with Gasteiger partial charge in [-0.2, -0.15) is 0 Å². The average molecular weight is 285 g/mol. The highest BCUT2D eigenvalue weighted by Gasteiger charge is 2.23. The van der Waals surface area contributed by atoms with Gasteiger partial charge in [0.05, 0.1) is 0 Å². The minimum absolute atomic E-state index is 0. The molecule has 0 amide bonds. The zero-order chi connectivity index (χ0) is 12.2. The number of nitrogens with zero attached hydrogens (tertiary/aromatic N) is 1. The van der Waals surface area contributed by atoms with Crippen molar-refractivity contribution in [3.8, 4) is 5.88 Å². The predicted molar refractivity (Wildman–Crippen MR) is 76.2 cm³/mol. The summed E-state index contributed by atoms with van der Waals surface area (Å²) in [4.78, 5) is 4.43. The van der Waals surface area contributed by atoms with Crippen molar-refractivity contribution < 1.29 is 9.47 Å². The lowest BCUT2D eigenvalue weighted by atomic mass is 9.92. The third-order valence-corrected chi connectivity index (χ3v) is 3.76. The van der Waals surface area contributed by atoms with Crippen molar-refractivity contribution in [3.63, 3.8) is 0 Å². The van der Waals surface area contributed by atoms with Crippen molar-refractivity contribution in [2.24, 2.45) is 0 Å². The number of hydrogen-bond acceptors (Lipinski definition) is 4. The van der Waals surface area contributed by atoms with Crippen molar-refractivity contribution in [3.05, 3.63) is 23.9 Å². The molecule has 3 heterocycles. The smallest absolute Gasteiger partial charge is 0.217 e. The Labute approximate surface area is 120 Å². The minimum atomic E-state index is 0. The van der Waals surface area contributed by atoms with Gasteiger partial charge in [0.2, 0.25) is 5.88 Å². The summed E-state index contributed by atoms with van der Waals surface area (Å²) in [6.45, 7) is 3.68. The van der Waals surface area contributed by atoms with Crippen LogP contribution in [0.25, 0.3) is 0 Å². The van der Waals surface area contributed by atoms with Gasteiger partial charge in [-0.15, -0.1) is 12.4 Å². The molecular formula is C14H21ClN2O2. The molecule has 0 saturated carbocycles. The molecule has 5 heteroatoms. The van der Waals surface area contributed by atoms with Gasteiger partial charge in [-0.25, -0.2) is 4.98 Å². The highest BCUT2D eigenvalue weighted by Crippen LogP contribution is 2.32. The molecule has 1 aromatic heterocycles. The molecule has 0 spiro atoms. The molecule has 1 atom stereocenters. The van der Waals surface area contributed by atoms with Gasteiger partial charge in [-0.1, -0.05) is 6.07 Å². The van der Waals surface area contributed by atoms with Gasteiger partial charge in [0.15, 0.2) is 0 Å². The van der Waals surface area contributed by atoms with E-state index in [0.717, 1.165) is 51.4 Å². The first-order chi connectivity index (χ1) is 8.93. The van der Waals surface area contributed by atoms with Crippen LogP contribution < -0.4 is 10.1 Å². The first kappa shape index (κ1) is 14.6. The molecule has 3 rings (SSSR count). The molecule has 0 bridgehead atoms. The maximum Gasteiger partial charge on any atom is 0.217 e. The molecule has 19 heavy (non-hydrogen) atoms. The predicted octanol–water partition coefficient (Wildman–Crippen LogP) is 2.14. The molecule has 1 aromatic rings. The summed E-state index contributed by atoms with van der Waals surface area (Å²) < 4.78 is 11.5. The zero-order valence-corrected chi connectivity index (χ0v) is 11.8. The second kappa shape index (κ2) is 7.08. The number of nitrogens with one attached hydrogen (secondary N) is 1. The number of rotatable bonds is 3. The van der Waals surface area contributed by atoms with Crippen LogP contribution in [0.5, 0.6) is 5.88 Å². The fraction of sp³-hybridized carbons (Fsp3) is 0.643. The summed E-state index contributed by atoms with van der Waals surface area (Å²) in [6, 6.07) is 4.16. The third-order valence-electron chi connectivity index (χ3n) is 3.76. The average Bonchev–Trinajstić information content (AvgIpc) is 2.93. The maximum atomic E-state index is 6.05. The summed E-state index contributed by atoms with van der Waals surface area (Å²) in [6.07, 6.45) is 5.32. The molecule has 0 radical (unpaired) electrons. The molecule has 2 aliphatic rings. The summed E-state index contributed by atoms with van der Waals surface area (Å²) in [5, 5.41) is 3.32. The lowest BCUT2D eigenvalue weighted by Gasteiger charge is -2.24. The van der Waals surface area contributed by atoms with E-state index in [-0.39, 0.29) is 18.5 Å². The SMILES string of the molecule is Cl.c1cnc(OC2CCNC2)c(C2CCOCC2)c1. The molecule has 0 aliphatic carbocycles. The minimum Gasteiger partial charge on any atom is -0.473 e. The Morgan fingerprint density at radius 1 is 1.26 bits per heavy atom.